The van der Waals surface area contributed by atoms with E-state index in [-0.39, 0.29) is 0 Å². The van der Waals surface area contributed by atoms with E-state index in [1.165, 1.54) is 5.56 Å². The molecule has 0 bridgehead atoms. The van der Waals surface area contributed by atoms with Gasteiger partial charge in [-0.05, 0) is 43.0 Å². The summed E-state index contributed by atoms with van der Waals surface area (Å²) in [6.07, 6.45) is 15.7. The van der Waals surface area contributed by atoms with Crippen LogP contribution in [0.1, 0.15) is 30.6 Å². The summed E-state index contributed by atoms with van der Waals surface area (Å²) in [6.45, 7) is 0. The standard InChI is InChI=1S/C25H25N3O2/c1-2-3-4-5-9-13-20-18-28-24(22(26-20)16-19-11-7-6-8-12-19)27-23(25(28)29)17-21-14-10-15-30-21/h1,3-4,6-8,10-12,14-15,18,25-26,29H,5,9,13,16-17H2/b4-3-. The maximum Gasteiger partial charge on any atom is 0.172 e. The molecule has 2 aromatic rings. The van der Waals surface area contributed by atoms with E-state index < -0.39 is 6.23 Å². The van der Waals surface area contributed by atoms with Crippen LogP contribution in [0.25, 0.3) is 0 Å². The van der Waals surface area contributed by atoms with Gasteiger partial charge in [0.25, 0.3) is 0 Å². The highest BCUT2D eigenvalue weighted by atomic mass is 16.3. The van der Waals surface area contributed by atoms with Gasteiger partial charge in [-0.2, -0.15) is 0 Å². The number of nitrogens with one attached hydrogen (secondary N) is 1. The molecule has 152 valence electrons. The molecule has 0 saturated heterocycles. The molecule has 5 heteroatoms. The predicted octanol–water partition coefficient (Wildman–Crippen LogP) is 4.11. The minimum atomic E-state index is -0.797. The molecule has 1 unspecified atom stereocenters. The van der Waals surface area contributed by atoms with Gasteiger partial charge in [0.1, 0.15) is 5.76 Å². The Labute approximate surface area is 177 Å². The number of fused-ring (bicyclic) bond motifs is 1. The van der Waals surface area contributed by atoms with E-state index in [1.54, 1.807) is 12.3 Å². The fourth-order valence-corrected chi connectivity index (χ4v) is 3.67. The Balaban J connectivity index is 1.56. The molecule has 2 N–H and O–H groups in total. The molecule has 0 saturated carbocycles. The van der Waals surface area contributed by atoms with E-state index in [9.17, 15) is 5.11 Å². The molecule has 2 aliphatic rings. The van der Waals surface area contributed by atoms with Gasteiger partial charge in [0, 0.05) is 24.7 Å². The van der Waals surface area contributed by atoms with Gasteiger partial charge in [-0.3, -0.25) is 4.90 Å². The van der Waals surface area contributed by atoms with Crippen molar-refractivity contribution in [2.45, 2.75) is 38.3 Å². The van der Waals surface area contributed by atoms with Crippen molar-refractivity contribution in [1.82, 2.24) is 10.2 Å². The first-order valence-electron chi connectivity index (χ1n) is 10.2. The van der Waals surface area contributed by atoms with Crippen LogP contribution in [-0.4, -0.2) is 21.9 Å². The lowest BCUT2D eigenvalue weighted by Gasteiger charge is -2.29. The average Bonchev–Trinajstić information content (AvgIpc) is 3.38. The van der Waals surface area contributed by atoms with Crippen LogP contribution in [0.3, 0.4) is 0 Å². The monoisotopic (exact) mass is 399 g/mol. The lowest BCUT2D eigenvalue weighted by molar-refractivity contribution is 0.127. The second-order valence-corrected chi connectivity index (χ2v) is 7.35. The zero-order chi connectivity index (χ0) is 20.8. The van der Waals surface area contributed by atoms with Gasteiger partial charge in [0.15, 0.2) is 12.0 Å². The normalized spacial score (nSPS) is 18.1. The number of hydrogen-bond donors (Lipinski definition) is 2. The quantitative estimate of drug-likeness (QED) is 0.518. The summed E-state index contributed by atoms with van der Waals surface area (Å²) in [7, 11) is 0. The molecular formula is C25H25N3O2. The van der Waals surface area contributed by atoms with Crippen molar-refractivity contribution in [1.29, 1.82) is 0 Å². The SMILES string of the molecule is C#C/C=C\CCCC1=CN2C(=C(Cc3ccccc3)N1)N=C(Cc1ccco1)C2O. The molecule has 1 aromatic carbocycles. The molecule has 3 heterocycles. The average molecular weight is 399 g/mol. The second kappa shape index (κ2) is 9.34. The Kier molecular flexibility index (Phi) is 6.17. The molecule has 1 atom stereocenters. The first-order valence-corrected chi connectivity index (χ1v) is 10.2. The molecule has 30 heavy (non-hydrogen) atoms. The zero-order valence-electron chi connectivity index (χ0n) is 16.8. The summed E-state index contributed by atoms with van der Waals surface area (Å²) >= 11 is 0. The third-order valence-corrected chi connectivity index (χ3v) is 5.12. The van der Waals surface area contributed by atoms with Crippen LogP contribution in [-0.2, 0) is 12.8 Å². The number of terminal acetylenes is 1. The molecule has 5 nitrogen and oxygen atoms in total. The van der Waals surface area contributed by atoms with E-state index in [1.807, 2.05) is 47.5 Å². The van der Waals surface area contributed by atoms with Crippen LogP contribution < -0.4 is 5.32 Å². The lowest BCUT2D eigenvalue weighted by atomic mass is 10.1. The van der Waals surface area contributed by atoms with Crippen LogP contribution in [0.2, 0.25) is 0 Å². The maximum absolute atomic E-state index is 10.9. The highest BCUT2D eigenvalue weighted by molar-refractivity contribution is 5.93. The summed E-state index contributed by atoms with van der Waals surface area (Å²) in [5.41, 5.74) is 3.93. The smallest absolute Gasteiger partial charge is 0.172 e. The Morgan fingerprint density at radius 1 is 1.20 bits per heavy atom. The molecule has 0 aliphatic carbocycles. The maximum atomic E-state index is 10.9. The van der Waals surface area contributed by atoms with Gasteiger partial charge in [0.05, 0.1) is 17.7 Å². The van der Waals surface area contributed by atoms with Crippen molar-refractivity contribution in [3.05, 3.63) is 95.6 Å². The van der Waals surface area contributed by atoms with Crippen molar-refractivity contribution < 1.29 is 9.52 Å². The van der Waals surface area contributed by atoms with Crippen LogP contribution >= 0.6 is 0 Å². The zero-order valence-corrected chi connectivity index (χ0v) is 16.8. The number of hydrogen-bond acceptors (Lipinski definition) is 5. The minimum Gasteiger partial charge on any atom is -0.469 e. The van der Waals surface area contributed by atoms with Gasteiger partial charge < -0.3 is 14.8 Å². The van der Waals surface area contributed by atoms with Crippen LogP contribution in [0.4, 0.5) is 0 Å². The lowest BCUT2D eigenvalue weighted by Crippen LogP contribution is -2.36. The Bertz CT molecular complexity index is 1020. The number of rotatable bonds is 8. The fourth-order valence-electron chi connectivity index (χ4n) is 3.67. The van der Waals surface area contributed by atoms with E-state index in [2.05, 4.69) is 23.4 Å². The number of aliphatic imine (C=N–C) groups is 1. The van der Waals surface area contributed by atoms with Gasteiger partial charge in [0.2, 0.25) is 0 Å². The van der Waals surface area contributed by atoms with Crippen LogP contribution in [0.5, 0.6) is 0 Å². The second-order valence-electron chi connectivity index (χ2n) is 7.35. The molecule has 4 rings (SSSR count). The van der Waals surface area contributed by atoms with Crippen molar-refractivity contribution >= 4 is 5.71 Å². The van der Waals surface area contributed by atoms with E-state index in [0.717, 1.165) is 42.2 Å². The van der Waals surface area contributed by atoms with Crippen molar-refractivity contribution in [3.63, 3.8) is 0 Å². The summed E-state index contributed by atoms with van der Waals surface area (Å²) in [6, 6.07) is 14.0. The van der Waals surface area contributed by atoms with E-state index in [0.29, 0.717) is 18.6 Å². The topological polar surface area (TPSA) is 61.0 Å². The van der Waals surface area contributed by atoms with Crippen LogP contribution in [0.15, 0.2) is 93.7 Å². The predicted molar refractivity (Wildman–Crippen MR) is 118 cm³/mol. The van der Waals surface area contributed by atoms with Gasteiger partial charge in [-0.1, -0.05) is 42.3 Å². The Morgan fingerprint density at radius 2 is 2.07 bits per heavy atom. The third-order valence-electron chi connectivity index (χ3n) is 5.12. The number of unbranched alkanes of at least 4 members (excludes halogenated alkanes) is 1. The number of aliphatic hydroxyl groups excluding tert-OH is 1. The number of allylic oxidation sites excluding steroid dienone is 4. The summed E-state index contributed by atoms with van der Waals surface area (Å²) in [5.74, 6) is 4.07. The van der Waals surface area contributed by atoms with E-state index >= 15 is 0 Å². The van der Waals surface area contributed by atoms with Crippen molar-refractivity contribution in [2.24, 2.45) is 4.99 Å². The molecule has 0 spiro atoms. The highest BCUT2D eigenvalue weighted by Gasteiger charge is 2.34. The van der Waals surface area contributed by atoms with Crippen LogP contribution in [0, 0.1) is 12.3 Å². The molecule has 0 radical (unpaired) electrons. The number of aliphatic hydroxyl groups is 1. The molecular weight excluding hydrogens is 374 g/mol. The van der Waals surface area contributed by atoms with Gasteiger partial charge in [-0.15, -0.1) is 6.42 Å². The van der Waals surface area contributed by atoms with Crippen molar-refractivity contribution in [3.8, 4) is 12.3 Å². The Morgan fingerprint density at radius 3 is 2.83 bits per heavy atom. The number of nitrogens with zero attached hydrogens (tertiary/aromatic N) is 2. The largest absolute Gasteiger partial charge is 0.469 e. The van der Waals surface area contributed by atoms with Crippen molar-refractivity contribution in [2.75, 3.05) is 0 Å². The summed E-state index contributed by atoms with van der Waals surface area (Å²) < 4.78 is 5.45. The molecule has 1 aromatic heterocycles. The first kappa shape index (κ1) is 19.8. The highest BCUT2D eigenvalue weighted by Crippen LogP contribution is 2.30. The minimum absolute atomic E-state index is 0.479. The first-order chi connectivity index (χ1) is 14.7. The third kappa shape index (κ3) is 4.56. The number of furan rings is 1. The van der Waals surface area contributed by atoms with Gasteiger partial charge >= 0.3 is 0 Å². The summed E-state index contributed by atoms with van der Waals surface area (Å²) in [5, 5.41) is 14.5. The molecule has 0 amide bonds. The molecule has 0 fully saturated rings. The van der Waals surface area contributed by atoms with Gasteiger partial charge in [-0.25, -0.2) is 4.99 Å². The number of benzene rings is 1. The molecule has 2 aliphatic heterocycles. The summed E-state index contributed by atoms with van der Waals surface area (Å²) in [4.78, 5) is 6.63. The fraction of sp³-hybridized carbons (Fsp3) is 0.240. The Hall–Kier alpha value is -3.49. The van der Waals surface area contributed by atoms with E-state index in [4.69, 9.17) is 15.8 Å².